The molecule has 1 saturated heterocycles. The van der Waals surface area contributed by atoms with Gasteiger partial charge in [0.25, 0.3) is 0 Å². The third kappa shape index (κ3) is 3.55. The second-order valence-corrected chi connectivity index (χ2v) is 5.07. The Hall–Kier alpha value is -1.86. The molecule has 19 heavy (non-hydrogen) atoms. The van der Waals surface area contributed by atoms with Gasteiger partial charge in [-0.15, -0.1) is 0 Å². The number of benzene rings is 1. The Morgan fingerprint density at radius 3 is 3.11 bits per heavy atom. The largest absolute Gasteiger partial charge is 0.325 e. The zero-order valence-electron chi connectivity index (χ0n) is 11.2. The van der Waals surface area contributed by atoms with Crippen LogP contribution >= 0.6 is 0 Å². The van der Waals surface area contributed by atoms with E-state index < -0.39 is 0 Å². The van der Waals surface area contributed by atoms with Gasteiger partial charge < -0.3 is 10.6 Å². The van der Waals surface area contributed by atoms with Crippen LogP contribution in [0.5, 0.6) is 0 Å². The minimum Gasteiger partial charge on any atom is -0.325 e. The van der Waals surface area contributed by atoms with Gasteiger partial charge >= 0.3 is 0 Å². The number of hydrogen-bond acceptors (Lipinski definition) is 3. The van der Waals surface area contributed by atoms with Gasteiger partial charge in [0.05, 0.1) is 11.3 Å². The Kier molecular flexibility index (Phi) is 4.53. The molecule has 1 fully saturated rings. The second kappa shape index (κ2) is 6.35. The van der Waals surface area contributed by atoms with E-state index in [1.807, 2.05) is 19.1 Å². The summed E-state index contributed by atoms with van der Waals surface area (Å²) in [5.41, 5.74) is 2.06. The Labute approximate surface area is 113 Å². The van der Waals surface area contributed by atoms with Crippen molar-refractivity contribution >= 4 is 11.6 Å². The summed E-state index contributed by atoms with van der Waals surface area (Å²) in [6, 6.07) is 7.66. The number of hydrogen-bond donors (Lipinski definition) is 2. The SMILES string of the molecule is Cc1cccc(NC(=O)CC2CCCNC2)c1C#N. The van der Waals surface area contributed by atoms with Crippen LogP contribution in [0.25, 0.3) is 0 Å². The average molecular weight is 257 g/mol. The number of carbonyl (C=O) groups is 1. The summed E-state index contributed by atoms with van der Waals surface area (Å²) in [5, 5.41) is 15.3. The Morgan fingerprint density at radius 2 is 2.42 bits per heavy atom. The topological polar surface area (TPSA) is 64.9 Å². The van der Waals surface area contributed by atoms with Crippen LogP contribution in [0.2, 0.25) is 0 Å². The molecule has 1 amide bonds. The number of amides is 1. The molecule has 1 aliphatic rings. The van der Waals surface area contributed by atoms with Crippen LogP contribution in [0.3, 0.4) is 0 Å². The standard InChI is InChI=1S/C15H19N3O/c1-11-4-2-6-14(13(11)9-16)18-15(19)8-12-5-3-7-17-10-12/h2,4,6,12,17H,3,5,7-8,10H2,1H3,(H,18,19). The second-order valence-electron chi connectivity index (χ2n) is 5.07. The first kappa shape index (κ1) is 13.6. The molecule has 1 aromatic rings. The number of rotatable bonds is 3. The lowest BCUT2D eigenvalue weighted by Crippen LogP contribution is -2.32. The quantitative estimate of drug-likeness (QED) is 0.872. The molecule has 0 radical (unpaired) electrons. The van der Waals surface area contributed by atoms with E-state index in [1.54, 1.807) is 6.07 Å². The zero-order valence-corrected chi connectivity index (χ0v) is 11.2. The summed E-state index contributed by atoms with van der Waals surface area (Å²) in [4.78, 5) is 12.0. The lowest BCUT2D eigenvalue weighted by atomic mass is 9.96. The van der Waals surface area contributed by atoms with Crippen LogP contribution in [0.4, 0.5) is 5.69 Å². The van der Waals surface area contributed by atoms with Gasteiger partial charge in [0.2, 0.25) is 5.91 Å². The summed E-state index contributed by atoms with van der Waals surface area (Å²) in [6.07, 6.45) is 2.75. The molecule has 1 aromatic carbocycles. The van der Waals surface area contributed by atoms with Crippen molar-refractivity contribution in [1.82, 2.24) is 5.32 Å². The molecule has 4 heteroatoms. The monoisotopic (exact) mass is 257 g/mol. The zero-order chi connectivity index (χ0) is 13.7. The summed E-state index contributed by atoms with van der Waals surface area (Å²) in [6.45, 7) is 3.83. The predicted octanol–water partition coefficient (Wildman–Crippen LogP) is 2.19. The van der Waals surface area contributed by atoms with Crippen molar-refractivity contribution in [3.63, 3.8) is 0 Å². The Bertz CT molecular complexity index is 499. The summed E-state index contributed by atoms with van der Waals surface area (Å²) in [5.74, 6) is 0.403. The number of piperidine rings is 1. The van der Waals surface area contributed by atoms with E-state index in [9.17, 15) is 4.79 Å². The molecule has 1 unspecified atom stereocenters. The third-order valence-electron chi connectivity index (χ3n) is 3.53. The molecule has 0 aromatic heterocycles. The molecular formula is C15H19N3O. The minimum absolute atomic E-state index is 0.00389. The summed E-state index contributed by atoms with van der Waals surface area (Å²) in [7, 11) is 0. The van der Waals surface area contributed by atoms with Crippen molar-refractivity contribution < 1.29 is 4.79 Å². The molecule has 2 N–H and O–H groups in total. The predicted molar refractivity (Wildman–Crippen MR) is 74.7 cm³/mol. The lowest BCUT2D eigenvalue weighted by Gasteiger charge is -2.22. The van der Waals surface area contributed by atoms with Crippen molar-refractivity contribution in [2.45, 2.75) is 26.2 Å². The van der Waals surface area contributed by atoms with Gasteiger partial charge in [0.1, 0.15) is 6.07 Å². The van der Waals surface area contributed by atoms with Crippen LogP contribution in [0.1, 0.15) is 30.4 Å². The van der Waals surface area contributed by atoms with Gasteiger partial charge in [-0.1, -0.05) is 12.1 Å². The van der Waals surface area contributed by atoms with Crippen LogP contribution < -0.4 is 10.6 Å². The lowest BCUT2D eigenvalue weighted by molar-refractivity contribution is -0.117. The van der Waals surface area contributed by atoms with Gasteiger partial charge in [-0.3, -0.25) is 4.79 Å². The maximum Gasteiger partial charge on any atom is 0.224 e. The van der Waals surface area contributed by atoms with E-state index in [0.29, 0.717) is 23.6 Å². The van der Waals surface area contributed by atoms with Gasteiger partial charge in [-0.05, 0) is 50.4 Å². The number of carbonyl (C=O) groups excluding carboxylic acids is 1. The number of anilines is 1. The molecule has 0 spiro atoms. The summed E-state index contributed by atoms with van der Waals surface area (Å²) < 4.78 is 0. The Morgan fingerprint density at radius 1 is 1.58 bits per heavy atom. The van der Waals surface area contributed by atoms with Crippen molar-refractivity contribution in [2.24, 2.45) is 5.92 Å². The first-order valence-corrected chi connectivity index (χ1v) is 6.71. The normalized spacial score (nSPS) is 18.6. The minimum atomic E-state index is -0.00389. The molecule has 0 bridgehead atoms. The van der Waals surface area contributed by atoms with Crippen molar-refractivity contribution in [3.8, 4) is 6.07 Å². The maximum absolute atomic E-state index is 12.0. The molecular weight excluding hydrogens is 238 g/mol. The van der Waals surface area contributed by atoms with Crippen LogP contribution in [0.15, 0.2) is 18.2 Å². The first-order chi connectivity index (χ1) is 9.20. The highest BCUT2D eigenvalue weighted by molar-refractivity contribution is 5.92. The molecule has 1 heterocycles. The van der Waals surface area contributed by atoms with Gasteiger partial charge in [0.15, 0.2) is 0 Å². The molecule has 1 aliphatic heterocycles. The fraction of sp³-hybridized carbons (Fsp3) is 0.467. The van der Waals surface area contributed by atoms with E-state index in [0.717, 1.165) is 31.5 Å². The number of nitrogens with one attached hydrogen (secondary N) is 2. The fourth-order valence-corrected chi connectivity index (χ4v) is 2.48. The summed E-state index contributed by atoms with van der Waals surface area (Å²) >= 11 is 0. The van der Waals surface area contributed by atoms with Gasteiger partial charge in [-0.25, -0.2) is 0 Å². The first-order valence-electron chi connectivity index (χ1n) is 6.71. The number of nitriles is 1. The van der Waals surface area contributed by atoms with Gasteiger partial charge in [0, 0.05) is 6.42 Å². The molecule has 0 saturated carbocycles. The van der Waals surface area contributed by atoms with Gasteiger partial charge in [-0.2, -0.15) is 5.26 Å². The molecule has 0 aliphatic carbocycles. The smallest absolute Gasteiger partial charge is 0.224 e. The van der Waals surface area contributed by atoms with Crippen molar-refractivity contribution in [2.75, 3.05) is 18.4 Å². The van der Waals surface area contributed by atoms with E-state index in [4.69, 9.17) is 5.26 Å². The molecule has 4 nitrogen and oxygen atoms in total. The van der Waals surface area contributed by atoms with E-state index in [-0.39, 0.29) is 5.91 Å². The van der Waals surface area contributed by atoms with Crippen LogP contribution in [-0.2, 0) is 4.79 Å². The highest BCUT2D eigenvalue weighted by Gasteiger charge is 2.17. The van der Waals surface area contributed by atoms with E-state index in [2.05, 4.69) is 16.7 Å². The fourth-order valence-electron chi connectivity index (χ4n) is 2.48. The maximum atomic E-state index is 12.0. The van der Waals surface area contributed by atoms with Crippen LogP contribution in [-0.4, -0.2) is 19.0 Å². The molecule has 2 rings (SSSR count). The molecule has 1 atom stereocenters. The molecule has 100 valence electrons. The van der Waals surface area contributed by atoms with Crippen LogP contribution in [0, 0.1) is 24.2 Å². The van der Waals surface area contributed by atoms with Crippen molar-refractivity contribution in [3.05, 3.63) is 29.3 Å². The average Bonchev–Trinajstić information content (AvgIpc) is 2.40. The Balaban J connectivity index is 1.99. The van der Waals surface area contributed by atoms with E-state index >= 15 is 0 Å². The van der Waals surface area contributed by atoms with Crippen molar-refractivity contribution in [1.29, 1.82) is 5.26 Å². The number of aryl methyl sites for hydroxylation is 1. The highest BCUT2D eigenvalue weighted by atomic mass is 16.1. The highest BCUT2D eigenvalue weighted by Crippen LogP contribution is 2.20. The third-order valence-corrected chi connectivity index (χ3v) is 3.53. The van der Waals surface area contributed by atoms with E-state index in [1.165, 1.54) is 0 Å². The number of nitrogens with zero attached hydrogens (tertiary/aromatic N) is 1.